The smallest absolute Gasteiger partial charge is 0.318 e. The maximum atomic E-state index is 12.8. The van der Waals surface area contributed by atoms with Gasteiger partial charge < -0.3 is 20.2 Å². The second-order valence-electron chi connectivity index (χ2n) is 8.51. The van der Waals surface area contributed by atoms with E-state index in [-0.39, 0.29) is 36.2 Å². The number of nitrogens with zero attached hydrogens (tertiary/aromatic N) is 2. The molecular weight excluding hydrogens is 354 g/mol. The third-order valence-electron chi connectivity index (χ3n) is 6.59. The number of hydrogen-bond acceptors (Lipinski definition) is 3. The van der Waals surface area contributed by atoms with Gasteiger partial charge in [0.05, 0.1) is 6.10 Å². The van der Waals surface area contributed by atoms with Crippen LogP contribution in [-0.2, 0) is 11.2 Å². The molecule has 0 spiro atoms. The fraction of sp³-hybridized carbons (Fsp3) is 0.636. The van der Waals surface area contributed by atoms with Crippen LogP contribution in [0.25, 0.3) is 0 Å². The number of piperidine rings is 2. The Morgan fingerprint density at radius 2 is 1.64 bits per heavy atom. The summed E-state index contributed by atoms with van der Waals surface area (Å²) < 4.78 is 0. The number of aryl methyl sites for hydroxylation is 1. The van der Waals surface area contributed by atoms with Crippen LogP contribution in [0.4, 0.5) is 4.79 Å². The highest BCUT2D eigenvalue weighted by Crippen LogP contribution is 2.35. The van der Waals surface area contributed by atoms with Crippen LogP contribution in [0.5, 0.6) is 0 Å². The highest BCUT2D eigenvalue weighted by Gasteiger charge is 2.43. The van der Waals surface area contributed by atoms with Gasteiger partial charge in [-0.05, 0) is 50.5 Å². The lowest BCUT2D eigenvalue weighted by atomic mass is 10.00. The average Bonchev–Trinajstić information content (AvgIpc) is 2.99. The molecule has 28 heavy (non-hydrogen) atoms. The van der Waals surface area contributed by atoms with E-state index in [4.69, 9.17) is 0 Å². The zero-order valence-corrected chi connectivity index (χ0v) is 16.4. The van der Waals surface area contributed by atoms with E-state index >= 15 is 0 Å². The van der Waals surface area contributed by atoms with Crippen molar-refractivity contribution in [2.75, 3.05) is 13.1 Å². The summed E-state index contributed by atoms with van der Waals surface area (Å²) in [5, 5.41) is 13.1. The average molecular weight is 386 g/mol. The summed E-state index contributed by atoms with van der Waals surface area (Å²) in [4.78, 5) is 29.2. The number of rotatable bonds is 4. The zero-order chi connectivity index (χ0) is 19.5. The lowest BCUT2D eigenvalue weighted by Crippen LogP contribution is -2.55. The minimum absolute atomic E-state index is 0.0215. The summed E-state index contributed by atoms with van der Waals surface area (Å²) in [6, 6.07) is 10.6. The Kier molecular flexibility index (Phi) is 5.85. The Hall–Kier alpha value is -2.08. The molecule has 3 fully saturated rings. The summed E-state index contributed by atoms with van der Waals surface area (Å²) in [5.74, 6) is 0.205. The fourth-order valence-corrected chi connectivity index (χ4v) is 5.06. The van der Waals surface area contributed by atoms with Crippen molar-refractivity contribution in [3.05, 3.63) is 35.9 Å². The number of aliphatic hydroxyl groups excluding tert-OH is 1. The highest BCUT2D eigenvalue weighted by molar-refractivity contribution is 5.77. The van der Waals surface area contributed by atoms with Crippen LogP contribution in [0, 0.1) is 0 Å². The molecule has 2 N–H and O–H groups in total. The second-order valence-corrected chi connectivity index (χ2v) is 8.51. The second kappa shape index (κ2) is 8.52. The monoisotopic (exact) mass is 385 g/mol. The van der Waals surface area contributed by atoms with Crippen molar-refractivity contribution in [1.29, 1.82) is 0 Å². The van der Waals surface area contributed by atoms with Crippen molar-refractivity contribution in [3.63, 3.8) is 0 Å². The van der Waals surface area contributed by atoms with Gasteiger partial charge in [-0.3, -0.25) is 4.79 Å². The maximum absolute atomic E-state index is 12.8. The fourth-order valence-electron chi connectivity index (χ4n) is 5.06. The first-order valence-corrected chi connectivity index (χ1v) is 10.7. The summed E-state index contributed by atoms with van der Waals surface area (Å²) >= 11 is 0. The molecule has 3 saturated heterocycles. The summed E-state index contributed by atoms with van der Waals surface area (Å²) in [7, 11) is 0. The molecule has 6 heteroatoms. The Bertz CT molecular complexity index is 674. The Morgan fingerprint density at radius 1 is 1.00 bits per heavy atom. The number of aliphatic hydroxyl groups is 1. The number of amides is 3. The van der Waals surface area contributed by atoms with Crippen molar-refractivity contribution >= 4 is 11.9 Å². The van der Waals surface area contributed by atoms with E-state index in [0.717, 1.165) is 32.1 Å². The molecule has 152 valence electrons. The molecule has 3 aliphatic heterocycles. The van der Waals surface area contributed by atoms with Gasteiger partial charge in [0.2, 0.25) is 5.91 Å². The van der Waals surface area contributed by atoms with Crippen molar-refractivity contribution in [2.45, 2.75) is 75.6 Å². The molecular formula is C22H31N3O3. The number of carbonyl (C=O) groups excluding carboxylic acids is 2. The maximum Gasteiger partial charge on any atom is 0.318 e. The summed E-state index contributed by atoms with van der Waals surface area (Å²) in [6.07, 6.45) is 6.11. The number of likely N-dealkylation sites (tertiary alicyclic amines) is 1. The van der Waals surface area contributed by atoms with Crippen molar-refractivity contribution < 1.29 is 14.7 Å². The van der Waals surface area contributed by atoms with E-state index < -0.39 is 0 Å². The molecule has 2 unspecified atom stereocenters. The van der Waals surface area contributed by atoms with Crippen LogP contribution in [0.1, 0.15) is 50.5 Å². The molecule has 3 amide bonds. The van der Waals surface area contributed by atoms with Gasteiger partial charge in [0.15, 0.2) is 0 Å². The Labute approximate surface area is 166 Å². The van der Waals surface area contributed by atoms with Crippen LogP contribution in [-0.4, -0.2) is 64.2 Å². The van der Waals surface area contributed by atoms with Crippen LogP contribution in [0.2, 0.25) is 0 Å². The lowest BCUT2D eigenvalue weighted by Gasteiger charge is -2.39. The number of carbonyl (C=O) groups is 2. The first kappa shape index (κ1) is 19.2. The molecule has 6 nitrogen and oxygen atoms in total. The Balaban J connectivity index is 1.21. The van der Waals surface area contributed by atoms with E-state index in [9.17, 15) is 14.7 Å². The first-order valence-electron chi connectivity index (χ1n) is 10.7. The minimum Gasteiger partial charge on any atom is -0.393 e. The van der Waals surface area contributed by atoms with E-state index in [0.29, 0.717) is 32.4 Å². The van der Waals surface area contributed by atoms with Gasteiger partial charge in [0.25, 0.3) is 0 Å². The standard InChI is InChI=1S/C22H31N3O3/c26-20-14-18-7-8-19(15-20)25(18)22(28)23-17-10-12-24(13-11-17)21(27)9-6-16-4-2-1-3-5-16/h1-5,17-20,26H,6-15H2,(H,23,28). The summed E-state index contributed by atoms with van der Waals surface area (Å²) in [5.41, 5.74) is 1.19. The molecule has 2 bridgehead atoms. The van der Waals surface area contributed by atoms with Gasteiger partial charge in [-0.1, -0.05) is 30.3 Å². The molecule has 0 saturated carbocycles. The largest absolute Gasteiger partial charge is 0.393 e. The predicted molar refractivity (Wildman–Crippen MR) is 107 cm³/mol. The van der Waals surface area contributed by atoms with E-state index in [1.165, 1.54) is 5.56 Å². The number of nitrogens with one attached hydrogen (secondary N) is 1. The molecule has 3 aliphatic rings. The van der Waals surface area contributed by atoms with Crippen LogP contribution in [0.15, 0.2) is 30.3 Å². The number of hydrogen-bond donors (Lipinski definition) is 2. The molecule has 0 aromatic heterocycles. The van der Waals surface area contributed by atoms with Crippen molar-refractivity contribution in [3.8, 4) is 0 Å². The zero-order valence-electron chi connectivity index (χ0n) is 16.4. The van der Waals surface area contributed by atoms with Crippen molar-refractivity contribution in [2.24, 2.45) is 0 Å². The Morgan fingerprint density at radius 3 is 2.29 bits per heavy atom. The van der Waals surface area contributed by atoms with Crippen LogP contribution >= 0.6 is 0 Å². The van der Waals surface area contributed by atoms with E-state index in [1.807, 2.05) is 28.0 Å². The third-order valence-corrected chi connectivity index (χ3v) is 6.59. The van der Waals surface area contributed by atoms with Gasteiger partial charge in [-0.2, -0.15) is 0 Å². The normalized spacial score (nSPS) is 27.7. The van der Waals surface area contributed by atoms with Gasteiger partial charge in [-0.25, -0.2) is 4.79 Å². The molecule has 3 heterocycles. The van der Waals surface area contributed by atoms with E-state index in [1.54, 1.807) is 0 Å². The molecule has 1 aromatic carbocycles. The van der Waals surface area contributed by atoms with Crippen LogP contribution in [0.3, 0.4) is 0 Å². The van der Waals surface area contributed by atoms with Gasteiger partial charge in [-0.15, -0.1) is 0 Å². The van der Waals surface area contributed by atoms with Crippen molar-refractivity contribution in [1.82, 2.24) is 15.1 Å². The minimum atomic E-state index is -0.258. The van der Waals surface area contributed by atoms with Gasteiger partial charge in [0, 0.05) is 37.6 Å². The molecule has 0 radical (unpaired) electrons. The predicted octanol–water partition coefficient (Wildman–Crippen LogP) is 2.31. The van der Waals surface area contributed by atoms with E-state index in [2.05, 4.69) is 17.4 Å². The van der Waals surface area contributed by atoms with Gasteiger partial charge >= 0.3 is 6.03 Å². The molecule has 1 aromatic rings. The number of fused-ring (bicyclic) bond motifs is 2. The topological polar surface area (TPSA) is 72.9 Å². The number of benzene rings is 1. The molecule has 4 rings (SSSR count). The van der Waals surface area contributed by atoms with Gasteiger partial charge in [0.1, 0.15) is 0 Å². The third kappa shape index (κ3) is 4.32. The summed E-state index contributed by atoms with van der Waals surface area (Å²) in [6.45, 7) is 1.42. The highest BCUT2D eigenvalue weighted by atomic mass is 16.3. The lowest BCUT2D eigenvalue weighted by molar-refractivity contribution is -0.132. The SMILES string of the molecule is O=C(CCc1ccccc1)N1CCC(NC(=O)N2C3CCC2CC(O)C3)CC1. The van der Waals surface area contributed by atoms with Crippen LogP contribution < -0.4 is 5.32 Å². The molecule has 2 atom stereocenters. The molecule has 0 aliphatic carbocycles. The number of urea groups is 1. The first-order chi connectivity index (χ1) is 13.6. The quantitative estimate of drug-likeness (QED) is 0.835.